The van der Waals surface area contributed by atoms with Gasteiger partial charge in [-0.1, -0.05) is 23.2 Å². The lowest BCUT2D eigenvalue weighted by Gasteiger charge is -2.19. The molecule has 8 nitrogen and oxygen atoms in total. The third kappa shape index (κ3) is 3.67. The van der Waals surface area contributed by atoms with Crippen molar-refractivity contribution in [2.75, 3.05) is 14.2 Å². The predicted octanol–water partition coefficient (Wildman–Crippen LogP) is 4.00. The monoisotopic (exact) mass is 416 g/mol. The Morgan fingerprint density at radius 1 is 1.00 bits per heavy atom. The van der Waals surface area contributed by atoms with Crippen LogP contribution in [0.15, 0.2) is 12.1 Å². The van der Waals surface area contributed by atoms with Gasteiger partial charge in [0.1, 0.15) is 16.9 Å². The first-order valence-electron chi connectivity index (χ1n) is 7.24. The maximum atomic E-state index is 12.0. The predicted molar refractivity (Wildman–Crippen MR) is 95.9 cm³/mol. The molecule has 0 unspecified atom stereocenters. The topological polar surface area (TPSA) is 123 Å². The van der Waals surface area contributed by atoms with Crippen LogP contribution in [0.4, 0.5) is 0 Å². The number of aromatic hydroxyl groups is 2. The van der Waals surface area contributed by atoms with Crippen LogP contribution < -0.4 is 9.47 Å². The second-order valence-corrected chi connectivity index (χ2v) is 5.99. The van der Waals surface area contributed by atoms with Crippen LogP contribution in [0, 0.1) is 6.92 Å². The summed E-state index contributed by atoms with van der Waals surface area (Å²) >= 11 is 12.3. The largest absolute Gasteiger partial charge is 0.508 e. The van der Waals surface area contributed by atoms with Crippen LogP contribution in [-0.2, 0) is 4.74 Å². The number of rotatable bonds is 5. The van der Waals surface area contributed by atoms with Crippen molar-refractivity contribution >= 4 is 35.1 Å². The molecule has 0 fully saturated rings. The summed E-state index contributed by atoms with van der Waals surface area (Å²) in [7, 11) is 2.29. The van der Waals surface area contributed by atoms with Gasteiger partial charge < -0.3 is 29.5 Å². The number of methoxy groups -OCH3 is 2. The Bertz CT molecular complexity index is 940. The number of benzene rings is 2. The summed E-state index contributed by atoms with van der Waals surface area (Å²) in [5, 5.41) is 29.1. The van der Waals surface area contributed by atoms with Crippen molar-refractivity contribution in [1.29, 1.82) is 0 Å². The van der Waals surface area contributed by atoms with E-state index in [2.05, 4.69) is 4.74 Å². The first-order valence-corrected chi connectivity index (χ1v) is 8.00. The number of halogens is 2. The van der Waals surface area contributed by atoms with Crippen LogP contribution in [0.1, 0.15) is 26.3 Å². The molecule has 2 rings (SSSR count). The fraction of sp³-hybridized carbons (Fsp3) is 0.176. The minimum atomic E-state index is -1.47. The van der Waals surface area contributed by atoms with Crippen LogP contribution in [0.2, 0.25) is 10.0 Å². The van der Waals surface area contributed by atoms with E-state index in [0.29, 0.717) is 0 Å². The minimum Gasteiger partial charge on any atom is -0.508 e. The molecule has 0 aliphatic heterocycles. The molecule has 0 aromatic heterocycles. The van der Waals surface area contributed by atoms with E-state index in [-0.39, 0.29) is 26.9 Å². The molecule has 0 heterocycles. The number of carbonyl (C=O) groups is 2. The molecule has 0 radical (unpaired) electrons. The second-order valence-electron chi connectivity index (χ2n) is 5.23. The highest BCUT2D eigenvalue weighted by atomic mass is 35.5. The van der Waals surface area contributed by atoms with E-state index >= 15 is 0 Å². The number of ether oxygens (including phenoxy) is 3. The lowest BCUT2D eigenvalue weighted by molar-refractivity contribution is 0.0596. The molecule has 2 aromatic carbocycles. The van der Waals surface area contributed by atoms with Gasteiger partial charge in [0.2, 0.25) is 0 Å². The van der Waals surface area contributed by atoms with Gasteiger partial charge in [-0.25, -0.2) is 9.59 Å². The first kappa shape index (κ1) is 20.5. The van der Waals surface area contributed by atoms with E-state index < -0.39 is 40.5 Å². The number of carbonyl (C=O) groups excluding carboxylic acids is 1. The third-order valence-electron chi connectivity index (χ3n) is 3.59. The maximum Gasteiger partial charge on any atom is 0.343 e. The number of phenolic OH excluding ortho intramolecular Hbond substituents is 2. The molecule has 2 aromatic rings. The molecular weight excluding hydrogens is 403 g/mol. The van der Waals surface area contributed by atoms with Gasteiger partial charge in [-0.15, -0.1) is 0 Å². The molecule has 0 atom stereocenters. The van der Waals surface area contributed by atoms with E-state index in [1.807, 2.05) is 0 Å². The second kappa shape index (κ2) is 7.81. The minimum absolute atomic E-state index is 0.0321. The van der Waals surface area contributed by atoms with E-state index in [0.717, 1.165) is 19.2 Å². The van der Waals surface area contributed by atoms with Crippen LogP contribution in [0.3, 0.4) is 0 Å². The SMILES string of the molecule is COC(=O)c1cc(O)cc(O)c1Oc1c(Cl)c(C)c(Cl)c(OC)c1C(=O)O. The molecule has 0 saturated carbocycles. The number of aromatic carboxylic acids is 1. The average molecular weight is 417 g/mol. The van der Waals surface area contributed by atoms with Crippen molar-refractivity contribution in [3.05, 3.63) is 38.9 Å². The summed E-state index contributed by atoms with van der Waals surface area (Å²) in [5.41, 5.74) is -0.608. The van der Waals surface area contributed by atoms with Crippen molar-refractivity contribution in [1.82, 2.24) is 0 Å². The Labute approximate surface area is 163 Å². The van der Waals surface area contributed by atoms with Crippen LogP contribution >= 0.6 is 23.2 Å². The smallest absolute Gasteiger partial charge is 0.343 e. The number of hydrogen-bond acceptors (Lipinski definition) is 7. The highest BCUT2D eigenvalue weighted by Crippen LogP contribution is 2.48. The van der Waals surface area contributed by atoms with Crippen LogP contribution in [-0.4, -0.2) is 41.5 Å². The highest BCUT2D eigenvalue weighted by Gasteiger charge is 2.29. The molecule has 3 N–H and O–H groups in total. The Hall–Kier alpha value is -2.84. The van der Waals surface area contributed by atoms with Gasteiger partial charge in [-0.3, -0.25) is 0 Å². The molecule has 10 heteroatoms. The zero-order chi connectivity index (χ0) is 20.5. The fourth-order valence-electron chi connectivity index (χ4n) is 2.31. The highest BCUT2D eigenvalue weighted by molar-refractivity contribution is 6.38. The summed E-state index contributed by atoms with van der Waals surface area (Å²) in [5.74, 6) is -4.57. The zero-order valence-corrected chi connectivity index (χ0v) is 15.8. The van der Waals surface area contributed by atoms with Crippen molar-refractivity contribution in [2.45, 2.75) is 6.92 Å². The lowest BCUT2D eigenvalue weighted by atomic mass is 10.1. The quantitative estimate of drug-likeness (QED) is 0.624. The van der Waals surface area contributed by atoms with Crippen molar-refractivity contribution in [2.24, 2.45) is 0 Å². The molecular formula is C17H14Cl2O8. The van der Waals surface area contributed by atoms with E-state index in [9.17, 15) is 24.9 Å². The number of phenols is 2. The standard InChI is InChI=1S/C17H14Cl2O8/c1-6-11(18)14(25-2)10(16(22)23)15(12(6)19)27-13-8(17(24)26-3)4-7(20)5-9(13)21/h4-5,20-21H,1-3H3,(H,22,23). The summed E-state index contributed by atoms with van der Waals surface area (Å²) < 4.78 is 15.1. The molecule has 0 saturated heterocycles. The molecule has 0 amide bonds. The summed E-state index contributed by atoms with van der Waals surface area (Å²) in [4.78, 5) is 23.7. The molecule has 0 aliphatic carbocycles. The Morgan fingerprint density at radius 3 is 2.11 bits per heavy atom. The van der Waals surface area contributed by atoms with Crippen molar-refractivity contribution in [3.63, 3.8) is 0 Å². The van der Waals surface area contributed by atoms with E-state index in [1.165, 1.54) is 14.0 Å². The fourth-order valence-corrected chi connectivity index (χ4v) is 2.85. The van der Waals surface area contributed by atoms with Gasteiger partial charge in [0.25, 0.3) is 0 Å². The maximum absolute atomic E-state index is 12.0. The summed E-state index contributed by atoms with van der Waals surface area (Å²) in [6, 6.07) is 1.88. The number of esters is 1. The average Bonchev–Trinajstić information content (AvgIpc) is 2.62. The van der Waals surface area contributed by atoms with Crippen LogP contribution in [0.5, 0.6) is 28.7 Å². The molecule has 0 spiro atoms. The summed E-state index contributed by atoms with van der Waals surface area (Å²) in [6.45, 7) is 1.50. The number of hydrogen-bond donors (Lipinski definition) is 3. The molecule has 0 bridgehead atoms. The normalized spacial score (nSPS) is 10.4. The Morgan fingerprint density at radius 2 is 1.59 bits per heavy atom. The van der Waals surface area contributed by atoms with Gasteiger partial charge >= 0.3 is 11.9 Å². The van der Waals surface area contributed by atoms with Gasteiger partial charge in [0.15, 0.2) is 23.0 Å². The van der Waals surface area contributed by atoms with Crippen LogP contribution in [0.25, 0.3) is 0 Å². The molecule has 27 heavy (non-hydrogen) atoms. The van der Waals surface area contributed by atoms with Gasteiger partial charge in [0, 0.05) is 6.07 Å². The Kier molecular flexibility index (Phi) is 5.92. The zero-order valence-electron chi connectivity index (χ0n) is 14.3. The van der Waals surface area contributed by atoms with Gasteiger partial charge in [-0.2, -0.15) is 0 Å². The number of carboxylic acids is 1. The van der Waals surface area contributed by atoms with E-state index in [4.69, 9.17) is 32.7 Å². The molecule has 144 valence electrons. The Balaban J connectivity index is 2.81. The van der Waals surface area contributed by atoms with Gasteiger partial charge in [-0.05, 0) is 18.6 Å². The van der Waals surface area contributed by atoms with Crippen molar-refractivity contribution in [3.8, 4) is 28.7 Å². The number of carboxylic acid groups (broad SMARTS) is 1. The summed E-state index contributed by atoms with van der Waals surface area (Å²) in [6.07, 6.45) is 0. The van der Waals surface area contributed by atoms with E-state index in [1.54, 1.807) is 0 Å². The molecule has 0 aliphatic rings. The van der Waals surface area contributed by atoms with Gasteiger partial charge in [0.05, 0.1) is 24.3 Å². The first-order chi connectivity index (χ1) is 12.6. The van der Waals surface area contributed by atoms with Crippen molar-refractivity contribution < 1.29 is 39.1 Å². The third-order valence-corrected chi connectivity index (χ3v) is 4.50. The lowest BCUT2D eigenvalue weighted by Crippen LogP contribution is -2.08.